The van der Waals surface area contributed by atoms with Crippen LogP contribution in [0.4, 0.5) is 10.1 Å². The molecule has 0 bridgehead atoms. The van der Waals surface area contributed by atoms with Crippen LogP contribution >= 0.6 is 27.5 Å². The second kappa shape index (κ2) is 9.85. The molecular weight excluding hydrogens is 461 g/mol. The molecule has 0 atom stereocenters. The fourth-order valence-corrected chi connectivity index (χ4v) is 3.37. The van der Waals surface area contributed by atoms with Gasteiger partial charge in [-0.2, -0.15) is 0 Å². The van der Waals surface area contributed by atoms with Crippen LogP contribution in [-0.4, -0.2) is 14.2 Å². The summed E-state index contributed by atoms with van der Waals surface area (Å²) in [5.74, 6) is 1.58. The van der Waals surface area contributed by atoms with Crippen molar-refractivity contribution < 1.29 is 18.6 Å². The van der Waals surface area contributed by atoms with Gasteiger partial charge in [-0.25, -0.2) is 4.39 Å². The molecule has 4 nitrogen and oxygen atoms in total. The van der Waals surface area contributed by atoms with Gasteiger partial charge in [0.2, 0.25) is 0 Å². The highest BCUT2D eigenvalue weighted by atomic mass is 79.9. The van der Waals surface area contributed by atoms with Crippen LogP contribution in [-0.2, 0) is 13.2 Å². The maximum Gasteiger partial charge on any atom is 0.162 e. The fourth-order valence-electron chi connectivity index (χ4n) is 2.69. The van der Waals surface area contributed by atoms with Crippen molar-refractivity contribution >= 4 is 33.2 Å². The molecule has 0 fully saturated rings. The van der Waals surface area contributed by atoms with Gasteiger partial charge in [-0.3, -0.25) is 0 Å². The van der Waals surface area contributed by atoms with Gasteiger partial charge in [-0.05, 0) is 54.1 Å². The number of halogens is 3. The Kier molecular flexibility index (Phi) is 7.23. The lowest BCUT2D eigenvalue weighted by molar-refractivity contribution is 0.284. The van der Waals surface area contributed by atoms with Gasteiger partial charge in [-0.15, -0.1) is 0 Å². The molecule has 0 aliphatic carbocycles. The van der Waals surface area contributed by atoms with E-state index >= 15 is 0 Å². The molecule has 29 heavy (non-hydrogen) atoms. The summed E-state index contributed by atoms with van der Waals surface area (Å²) in [7, 11) is 3.22. The Morgan fingerprint density at radius 2 is 1.69 bits per heavy atom. The second-order valence-electron chi connectivity index (χ2n) is 6.20. The summed E-state index contributed by atoms with van der Waals surface area (Å²) < 4.78 is 30.6. The summed E-state index contributed by atoms with van der Waals surface area (Å²) >= 11 is 9.65. The van der Waals surface area contributed by atoms with Crippen LogP contribution in [0.1, 0.15) is 11.1 Å². The quantitative estimate of drug-likeness (QED) is 0.402. The molecule has 0 saturated heterocycles. The van der Waals surface area contributed by atoms with Crippen molar-refractivity contribution in [3.05, 3.63) is 81.0 Å². The molecule has 3 aromatic carbocycles. The number of methoxy groups -OCH3 is 2. The van der Waals surface area contributed by atoms with Crippen LogP contribution in [0.2, 0.25) is 5.02 Å². The molecular formula is C22H20BrClFNO3. The molecule has 0 unspecified atom stereocenters. The van der Waals surface area contributed by atoms with E-state index in [4.69, 9.17) is 25.8 Å². The van der Waals surface area contributed by atoms with Crippen LogP contribution in [0.5, 0.6) is 17.2 Å². The topological polar surface area (TPSA) is 39.7 Å². The first kappa shape index (κ1) is 21.3. The molecule has 0 saturated carbocycles. The van der Waals surface area contributed by atoms with Crippen LogP contribution in [0.25, 0.3) is 0 Å². The lowest BCUT2D eigenvalue weighted by atomic mass is 10.2. The number of ether oxygens (including phenoxy) is 3. The van der Waals surface area contributed by atoms with Crippen molar-refractivity contribution in [2.45, 2.75) is 13.2 Å². The fraction of sp³-hybridized carbons (Fsp3) is 0.182. The highest BCUT2D eigenvalue weighted by Gasteiger charge is 2.12. The molecule has 0 aliphatic heterocycles. The number of benzene rings is 3. The minimum atomic E-state index is -0.382. The summed E-state index contributed by atoms with van der Waals surface area (Å²) in [6.07, 6.45) is 0. The number of hydrogen-bond acceptors (Lipinski definition) is 4. The standard InChI is InChI=1S/C22H20BrClFNO3/c1-27-18-7-5-17(6-8-18)26-12-15-9-21(28-2)22(11-19(15)23)29-13-14-3-4-16(25)10-20(14)24/h3-11,26H,12-13H2,1-2H3. The van der Waals surface area contributed by atoms with Gasteiger partial charge in [0.25, 0.3) is 0 Å². The zero-order chi connectivity index (χ0) is 20.8. The average molecular weight is 481 g/mol. The first-order valence-corrected chi connectivity index (χ1v) is 9.98. The highest BCUT2D eigenvalue weighted by molar-refractivity contribution is 9.10. The Balaban J connectivity index is 1.70. The highest BCUT2D eigenvalue weighted by Crippen LogP contribution is 2.35. The van der Waals surface area contributed by atoms with Gasteiger partial charge >= 0.3 is 0 Å². The minimum absolute atomic E-state index is 0.200. The van der Waals surface area contributed by atoms with E-state index < -0.39 is 0 Å². The van der Waals surface area contributed by atoms with Gasteiger partial charge < -0.3 is 19.5 Å². The summed E-state index contributed by atoms with van der Waals surface area (Å²) in [5, 5.41) is 3.68. The number of hydrogen-bond donors (Lipinski definition) is 1. The maximum atomic E-state index is 13.2. The smallest absolute Gasteiger partial charge is 0.162 e. The summed E-state index contributed by atoms with van der Waals surface area (Å²) in [4.78, 5) is 0. The molecule has 3 rings (SSSR count). The summed E-state index contributed by atoms with van der Waals surface area (Å²) in [5.41, 5.74) is 2.67. The molecule has 0 amide bonds. The Morgan fingerprint density at radius 1 is 0.931 bits per heavy atom. The number of nitrogens with one attached hydrogen (secondary N) is 1. The predicted octanol–water partition coefficient (Wildman–Crippen LogP) is 6.45. The Hall–Kier alpha value is -2.44. The van der Waals surface area contributed by atoms with E-state index in [1.165, 1.54) is 12.1 Å². The largest absolute Gasteiger partial charge is 0.497 e. The zero-order valence-electron chi connectivity index (χ0n) is 16.0. The van der Waals surface area contributed by atoms with Crippen LogP contribution in [0.3, 0.4) is 0 Å². The lowest BCUT2D eigenvalue weighted by Crippen LogP contribution is -2.03. The van der Waals surface area contributed by atoms with Crippen LogP contribution in [0.15, 0.2) is 59.1 Å². The Bertz CT molecular complexity index is 983. The zero-order valence-corrected chi connectivity index (χ0v) is 18.3. The third kappa shape index (κ3) is 5.55. The average Bonchev–Trinajstić information content (AvgIpc) is 2.72. The van der Waals surface area contributed by atoms with E-state index in [0.717, 1.165) is 21.5 Å². The molecule has 0 spiro atoms. The molecule has 1 N–H and O–H groups in total. The first-order chi connectivity index (χ1) is 14.0. The molecule has 7 heteroatoms. The van der Waals surface area contributed by atoms with Crippen LogP contribution < -0.4 is 19.5 Å². The van der Waals surface area contributed by atoms with E-state index in [1.54, 1.807) is 20.3 Å². The third-order valence-corrected chi connectivity index (χ3v) is 5.39. The van der Waals surface area contributed by atoms with Crippen molar-refractivity contribution in [3.8, 4) is 17.2 Å². The lowest BCUT2D eigenvalue weighted by Gasteiger charge is -2.15. The van der Waals surface area contributed by atoms with E-state index in [1.807, 2.05) is 36.4 Å². The molecule has 152 valence electrons. The molecule has 0 aliphatic rings. The SMILES string of the molecule is COc1ccc(NCc2cc(OC)c(OCc3ccc(F)cc3Cl)cc2Br)cc1. The first-order valence-electron chi connectivity index (χ1n) is 8.81. The van der Waals surface area contributed by atoms with E-state index in [-0.39, 0.29) is 12.4 Å². The van der Waals surface area contributed by atoms with Crippen molar-refractivity contribution in [1.82, 2.24) is 0 Å². The van der Waals surface area contributed by atoms with Gasteiger partial charge in [-0.1, -0.05) is 33.6 Å². The van der Waals surface area contributed by atoms with Crippen molar-refractivity contribution in [3.63, 3.8) is 0 Å². The van der Waals surface area contributed by atoms with Gasteiger partial charge in [0.15, 0.2) is 11.5 Å². The summed E-state index contributed by atoms with van der Waals surface area (Å²) in [6.45, 7) is 0.790. The number of rotatable bonds is 8. The van der Waals surface area contributed by atoms with Crippen LogP contribution in [0, 0.1) is 5.82 Å². The van der Waals surface area contributed by atoms with Crippen molar-refractivity contribution in [1.29, 1.82) is 0 Å². The van der Waals surface area contributed by atoms with E-state index in [2.05, 4.69) is 21.2 Å². The Labute approximate surface area is 182 Å². The predicted molar refractivity (Wildman–Crippen MR) is 117 cm³/mol. The molecule has 0 radical (unpaired) electrons. The van der Waals surface area contributed by atoms with E-state index in [9.17, 15) is 4.39 Å². The minimum Gasteiger partial charge on any atom is -0.497 e. The maximum absolute atomic E-state index is 13.2. The number of anilines is 1. The normalized spacial score (nSPS) is 10.5. The summed E-state index contributed by atoms with van der Waals surface area (Å²) in [6, 6.07) is 15.7. The van der Waals surface area contributed by atoms with Gasteiger partial charge in [0, 0.05) is 22.3 Å². The van der Waals surface area contributed by atoms with Gasteiger partial charge in [0.05, 0.1) is 19.2 Å². The van der Waals surface area contributed by atoms with Crippen molar-refractivity contribution in [2.75, 3.05) is 19.5 Å². The van der Waals surface area contributed by atoms with Crippen molar-refractivity contribution in [2.24, 2.45) is 0 Å². The monoisotopic (exact) mass is 479 g/mol. The molecule has 0 aromatic heterocycles. The third-order valence-electron chi connectivity index (χ3n) is 4.30. The molecule has 3 aromatic rings. The second-order valence-corrected chi connectivity index (χ2v) is 7.46. The molecule has 0 heterocycles. The van der Waals surface area contributed by atoms with E-state index in [0.29, 0.717) is 28.6 Å². The Morgan fingerprint density at radius 3 is 2.34 bits per heavy atom. The van der Waals surface area contributed by atoms with Gasteiger partial charge in [0.1, 0.15) is 18.2 Å².